The monoisotopic (exact) mass is 340 g/mol. The summed E-state index contributed by atoms with van der Waals surface area (Å²) in [6.07, 6.45) is 1.13. The van der Waals surface area contributed by atoms with Crippen LogP contribution in [0.3, 0.4) is 0 Å². The number of carbonyl (C=O) groups excluding carboxylic acids is 1. The van der Waals surface area contributed by atoms with Gasteiger partial charge in [-0.2, -0.15) is 0 Å². The second-order valence-corrected chi connectivity index (χ2v) is 6.43. The summed E-state index contributed by atoms with van der Waals surface area (Å²) in [6, 6.07) is 15.5. The lowest BCUT2D eigenvalue weighted by atomic mass is 10.1. The predicted octanol–water partition coefficient (Wildman–Crippen LogP) is 3.70. The number of piperidine rings is 1. The van der Waals surface area contributed by atoms with Crippen molar-refractivity contribution in [3.8, 4) is 0 Å². The highest BCUT2D eigenvalue weighted by Crippen LogP contribution is 2.25. The van der Waals surface area contributed by atoms with Gasteiger partial charge in [0.05, 0.1) is 6.10 Å². The first-order valence-electron chi connectivity index (χ1n) is 8.63. The third-order valence-corrected chi connectivity index (χ3v) is 4.42. The number of hydrogen-bond donors (Lipinski definition) is 2. The summed E-state index contributed by atoms with van der Waals surface area (Å²) in [7, 11) is 0. The maximum Gasteiger partial charge on any atom is 0.411 e. The first kappa shape index (κ1) is 17.3. The van der Waals surface area contributed by atoms with Crippen LogP contribution in [0.25, 0.3) is 0 Å². The Morgan fingerprint density at radius 3 is 2.80 bits per heavy atom. The number of rotatable bonds is 4. The summed E-state index contributed by atoms with van der Waals surface area (Å²) < 4.78 is 5.25. The number of nitrogens with zero attached hydrogens (tertiary/aromatic N) is 1. The van der Waals surface area contributed by atoms with E-state index in [0.29, 0.717) is 6.54 Å². The van der Waals surface area contributed by atoms with E-state index in [-0.39, 0.29) is 12.7 Å². The summed E-state index contributed by atoms with van der Waals surface area (Å²) in [6.45, 7) is 3.81. The molecule has 1 heterocycles. The van der Waals surface area contributed by atoms with Crippen LogP contribution in [0.1, 0.15) is 24.0 Å². The summed E-state index contributed by atoms with van der Waals surface area (Å²) in [5.74, 6) is 0. The van der Waals surface area contributed by atoms with Crippen molar-refractivity contribution in [3.63, 3.8) is 0 Å². The van der Waals surface area contributed by atoms with Crippen LogP contribution in [0, 0.1) is 6.92 Å². The van der Waals surface area contributed by atoms with Crippen molar-refractivity contribution in [1.29, 1.82) is 0 Å². The molecule has 1 fully saturated rings. The molecule has 1 aliphatic rings. The molecule has 0 aliphatic carbocycles. The van der Waals surface area contributed by atoms with E-state index in [4.69, 9.17) is 4.74 Å². The summed E-state index contributed by atoms with van der Waals surface area (Å²) in [5, 5.41) is 12.6. The highest BCUT2D eigenvalue weighted by atomic mass is 16.5. The lowest BCUT2D eigenvalue weighted by Crippen LogP contribution is -2.38. The Labute approximate surface area is 148 Å². The quantitative estimate of drug-likeness (QED) is 0.891. The molecular weight excluding hydrogens is 316 g/mol. The number of nitrogens with one attached hydrogen (secondary N) is 1. The number of aliphatic hydroxyl groups is 1. The molecule has 0 bridgehead atoms. The molecular formula is C20H24N2O3. The molecule has 0 saturated carbocycles. The van der Waals surface area contributed by atoms with Crippen molar-refractivity contribution in [2.75, 3.05) is 23.3 Å². The summed E-state index contributed by atoms with van der Waals surface area (Å²) in [5.41, 5.74) is 3.72. The number of hydrogen-bond acceptors (Lipinski definition) is 4. The van der Waals surface area contributed by atoms with Gasteiger partial charge >= 0.3 is 6.09 Å². The minimum Gasteiger partial charge on any atom is -0.444 e. The second-order valence-electron chi connectivity index (χ2n) is 6.43. The van der Waals surface area contributed by atoms with Crippen molar-refractivity contribution < 1.29 is 14.6 Å². The van der Waals surface area contributed by atoms with Crippen molar-refractivity contribution in [2.45, 2.75) is 32.5 Å². The van der Waals surface area contributed by atoms with Crippen LogP contribution in [0.2, 0.25) is 0 Å². The molecule has 0 aromatic heterocycles. The normalized spacial score (nSPS) is 17.2. The number of β-amino-alcohol motifs (C(OH)–C–C–N with tert-alkyl or cyclic N) is 1. The van der Waals surface area contributed by atoms with Gasteiger partial charge < -0.3 is 14.7 Å². The van der Waals surface area contributed by atoms with Crippen LogP contribution in [0.4, 0.5) is 16.2 Å². The fourth-order valence-electron chi connectivity index (χ4n) is 3.04. The highest BCUT2D eigenvalue weighted by Gasteiger charge is 2.18. The van der Waals surface area contributed by atoms with Gasteiger partial charge in [-0.15, -0.1) is 0 Å². The van der Waals surface area contributed by atoms with E-state index in [1.54, 1.807) is 0 Å². The van der Waals surface area contributed by atoms with Crippen LogP contribution in [0.15, 0.2) is 48.5 Å². The predicted molar refractivity (Wildman–Crippen MR) is 98.9 cm³/mol. The zero-order valence-corrected chi connectivity index (χ0v) is 14.4. The average molecular weight is 340 g/mol. The van der Waals surface area contributed by atoms with Crippen molar-refractivity contribution >= 4 is 17.5 Å². The number of carbonyl (C=O) groups is 1. The van der Waals surface area contributed by atoms with Gasteiger partial charge in [0.15, 0.2) is 0 Å². The molecule has 1 atom stereocenters. The maximum atomic E-state index is 12.0. The molecule has 2 aromatic rings. The Kier molecular flexibility index (Phi) is 5.56. The van der Waals surface area contributed by atoms with Crippen LogP contribution < -0.4 is 10.2 Å². The van der Waals surface area contributed by atoms with Gasteiger partial charge in [-0.1, -0.05) is 30.3 Å². The van der Waals surface area contributed by atoms with Crippen molar-refractivity contribution in [3.05, 3.63) is 59.7 Å². The number of amides is 1. The molecule has 1 aliphatic heterocycles. The molecule has 1 unspecified atom stereocenters. The van der Waals surface area contributed by atoms with Gasteiger partial charge in [0.25, 0.3) is 0 Å². The molecule has 25 heavy (non-hydrogen) atoms. The zero-order chi connectivity index (χ0) is 17.6. The standard InChI is InChI=1S/C20H24N2O3/c1-15-12-17(22-11-5-8-18(23)13-22)9-10-19(15)21-20(24)25-14-16-6-3-2-4-7-16/h2-4,6-7,9-10,12,18,23H,5,8,11,13-14H2,1H3,(H,21,24). The van der Waals surface area contributed by atoms with Crippen LogP contribution in [-0.2, 0) is 11.3 Å². The first-order chi connectivity index (χ1) is 12.1. The fraction of sp³-hybridized carbons (Fsp3) is 0.350. The van der Waals surface area contributed by atoms with E-state index in [1.807, 2.05) is 55.5 Å². The van der Waals surface area contributed by atoms with E-state index in [1.165, 1.54) is 0 Å². The third-order valence-electron chi connectivity index (χ3n) is 4.42. The lowest BCUT2D eigenvalue weighted by Gasteiger charge is -2.32. The number of aryl methyl sites for hydroxylation is 1. The van der Waals surface area contributed by atoms with Gasteiger partial charge in [0.2, 0.25) is 0 Å². The molecule has 5 heteroatoms. The second kappa shape index (κ2) is 8.03. The molecule has 0 spiro atoms. The van der Waals surface area contributed by atoms with Crippen LogP contribution in [0.5, 0.6) is 0 Å². The summed E-state index contributed by atoms with van der Waals surface area (Å²) >= 11 is 0. The molecule has 0 radical (unpaired) electrons. The SMILES string of the molecule is Cc1cc(N2CCCC(O)C2)ccc1NC(=O)OCc1ccccc1. The van der Waals surface area contributed by atoms with E-state index in [2.05, 4.69) is 10.2 Å². The van der Waals surface area contributed by atoms with E-state index >= 15 is 0 Å². The van der Waals surface area contributed by atoms with Crippen molar-refractivity contribution in [2.24, 2.45) is 0 Å². The molecule has 3 rings (SSSR count). The topological polar surface area (TPSA) is 61.8 Å². The number of ether oxygens (including phenoxy) is 1. The summed E-state index contributed by atoms with van der Waals surface area (Å²) in [4.78, 5) is 14.2. The molecule has 132 valence electrons. The molecule has 2 N–H and O–H groups in total. The molecule has 1 saturated heterocycles. The Morgan fingerprint density at radius 2 is 2.08 bits per heavy atom. The Hall–Kier alpha value is -2.53. The van der Waals surface area contributed by atoms with Crippen molar-refractivity contribution in [1.82, 2.24) is 0 Å². The van der Waals surface area contributed by atoms with Crippen LogP contribution in [-0.4, -0.2) is 30.4 Å². The minimum absolute atomic E-state index is 0.246. The number of aliphatic hydroxyl groups excluding tert-OH is 1. The van der Waals surface area contributed by atoms with Crippen LogP contribution >= 0.6 is 0 Å². The van der Waals surface area contributed by atoms with Gasteiger partial charge in [0, 0.05) is 24.5 Å². The van der Waals surface area contributed by atoms with Gasteiger partial charge in [-0.3, -0.25) is 5.32 Å². The van der Waals surface area contributed by atoms with E-state index < -0.39 is 6.09 Å². The number of benzene rings is 2. The fourth-order valence-corrected chi connectivity index (χ4v) is 3.04. The Morgan fingerprint density at radius 1 is 1.28 bits per heavy atom. The maximum absolute atomic E-state index is 12.0. The molecule has 2 aromatic carbocycles. The van der Waals surface area contributed by atoms with Gasteiger partial charge in [0.1, 0.15) is 6.61 Å². The first-order valence-corrected chi connectivity index (χ1v) is 8.63. The lowest BCUT2D eigenvalue weighted by molar-refractivity contribution is 0.154. The van der Waals surface area contributed by atoms with E-state index in [9.17, 15) is 9.90 Å². The Bertz CT molecular complexity index is 718. The molecule has 5 nitrogen and oxygen atoms in total. The van der Waals surface area contributed by atoms with Gasteiger partial charge in [-0.25, -0.2) is 4.79 Å². The van der Waals surface area contributed by atoms with E-state index in [0.717, 1.165) is 41.9 Å². The third kappa shape index (κ3) is 4.73. The zero-order valence-electron chi connectivity index (χ0n) is 14.4. The smallest absolute Gasteiger partial charge is 0.411 e. The van der Waals surface area contributed by atoms with Gasteiger partial charge in [-0.05, 0) is 49.1 Å². The number of anilines is 2. The average Bonchev–Trinajstić information content (AvgIpc) is 2.62. The Balaban J connectivity index is 1.58. The largest absolute Gasteiger partial charge is 0.444 e. The minimum atomic E-state index is -0.465. The highest BCUT2D eigenvalue weighted by molar-refractivity contribution is 5.86. The molecule has 1 amide bonds.